The zero-order valence-electron chi connectivity index (χ0n) is 10.6. The van der Waals surface area contributed by atoms with Gasteiger partial charge in [-0.25, -0.2) is 4.68 Å². The Morgan fingerprint density at radius 1 is 1.53 bits per heavy atom. The van der Waals surface area contributed by atoms with Crippen molar-refractivity contribution >= 4 is 35.1 Å². The van der Waals surface area contributed by atoms with Gasteiger partial charge in [-0.2, -0.15) is 16.9 Å². The molecule has 1 N–H and O–H groups in total. The first-order valence-electron chi connectivity index (χ1n) is 5.77. The van der Waals surface area contributed by atoms with Crippen molar-refractivity contribution < 1.29 is 0 Å². The maximum atomic E-state index is 5.40. The maximum absolute atomic E-state index is 5.40. The molecule has 2 rings (SSSR count). The van der Waals surface area contributed by atoms with Crippen LogP contribution in [-0.2, 0) is 13.1 Å². The van der Waals surface area contributed by atoms with Crippen LogP contribution < -0.4 is 0 Å². The Kier molecular flexibility index (Phi) is 3.63. The molecule has 0 amide bonds. The number of nitrogens with zero attached hydrogens (tertiary/aromatic N) is 3. The van der Waals surface area contributed by atoms with Crippen LogP contribution in [0.5, 0.6) is 0 Å². The SMILES string of the molecule is CCn1nc(C)c2[nH]c(=S)n(CC(C)SC)c21. The normalized spacial score (nSPS) is 13.4. The predicted molar refractivity (Wildman–Crippen MR) is 76.3 cm³/mol. The van der Waals surface area contributed by atoms with E-state index in [1.54, 1.807) is 0 Å². The van der Waals surface area contributed by atoms with Gasteiger partial charge in [-0.15, -0.1) is 0 Å². The fourth-order valence-corrected chi connectivity index (χ4v) is 2.54. The Morgan fingerprint density at radius 3 is 2.82 bits per heavy atom. The van der Waals surface area contributed by atoms with Gasteiger partial charge >= 0.3 is 0 Å². The van der Waals surface area contributed by atoms with E-state index in [2.05, 4.69) is 34.8 Å². The van der Waals surface area contributed by atoms with Crippen LogP contribution in [0.4, 0.5) is 0 Å². The monoisotopic (exact) mass is 270 g/mol. The highest BCUT2D eigenvalue weighted by molar-refractivity contribution is 7.99. The second kappa shape index (κ2) is 4.86. The Bertz CT molecular complexity index is 578. The second-order valence-electron chi connectivity index (χ2n) is 4.19. The highest BCUT2D eigenvalue weighted by Crippen LogP contribution is 2.20. The largest absolute Gasteiger partial charge is 0.328 e. The third-order valence-electron chi connectivity index (χ3n) is 2.97. The van der Waals surface area contributed by atoms with E-state index in [9.17, 15) is 0 Å². The quantitative estimate of drug-likeness (QED) is 0.868. The minimum absolute atomic E-state index is 0.543. The van der Waals surface area contributed by atoms with Crippen molar-refractivity contribution in [2.24, 2.45) is 0 Å². The summed E-state index contributed by atoms with van der Waals surface area (Å²) < 4.78 is 4.97. The molecule has 4 nitrogen and oxygen atoms in total. The highest BCUT2D eigenvalue weighted by atomic mass is 32.2. The lowest BCUT2D eigenvalue weighted by Gasteiger charge is -2.10. The molecule has 0 saturated carbocycles. The van der Waals surface area contributed by atoms with Crippen LogP contribution in [0.15, 0.2) is 0 Å². The topological polar surface area (TPSA) is 38.5 Å². The van der Waals surface area contributed by atoms with Crippen LogP contribution in [0.1, 0.15) is 19.5 Å². The molecule has 0 bridgehead atoms. The summed E-state index contributed by atoms with van der Waals surface area (Å²) in [5.74, 6) is 0. The molecule has 6 heteroatoms. The number of thioether (sulfide) groups is 1. The number of hydrogen-bond donors (Lipinski definition) is 1. The standard InChI is InChI=1S/C11H18N4S2/c1-5-15-10-9(8(3)13-15)12-11(16)14(10)6-7(2)17-4/h7H,5-6H2,1-4H3,(H,12,16). The van der Waals surface area contributed by atoms with E-state index >= 15 is 0 Å². The smallest absolute Gasteiger partial charge is 0.179 e. The first-order valence-corrected chi connectivity index (χ1v) is 7.46. The predicted octanol–water partition coefficient (Wildman–Crippen LogP) is 2.98. The zero-order chi connectivity index (χ0) is 12.6. The number of aromatic amines is 1. The summed E-state index contributed by atoms with van der Waals surface area (Å²) in [4.78, 5) is 3.26. The molecule has 1 atom stereocenters. The van der Waals surface area contributed by atoms with Gasteiger partial charge in [0.15, 0.2) is 10.4 Å². The lowest BCUT2D eigenvalue weighted by atomic mass is 10.4. The molecule has 0 aliphatic rings. The van der Waals surface area contributed by atoms with Crippen LogP contribution in [0.25, 0.3) is 11.2 Å². The maximum Gasteiger partial charge on any atom is 0.179 e. The summed E-state index contributed by atoms with van der Waals surface area (Å²) in [5.41, 5.74) is 3.21. The molecule has 17 heavy (non-hydrogen) atoms. The first-order chi connectivity index (χ1) is 8.08. The minimum Gasteiger partial charge on any atom is -0.328 e. The van der Waals surface area contributed by atoms with Gasteiger partial charge in [-0.05, 0) is 32.3 Å². The molecule has 2 heterocycles. The van der Waals surface area contributed by atoms with Crippen LogP contribution in [0.2, 0.25) is 0 Å². The van der Waals surface area contributed by atoms with Gasteiger partial charge in [0.25, 0.3) is 0 Å². The molecular formula is C11H18N4S2. The number of hydrogen-bond acceptors (Lipinski definition) is 3. The molecule has 0 fully saturated rings. The third-order valence-corrected chi connectivity index (χ3v) is 4.25. The van der Waals surface area contributed by atoms with Gasteiger partial charge in [0.05, 0.1) is 5.69 Å². The van der Waals surface area contributed by atoms with Crippen LogP contribution in [0, 0.1) is 11.7 Å². The molecule has 2 aromatic heterocycles. The fraction of sp³-hybridized carbons (Fsp3) is 0.636. The summed E-state index contributed by atoms with van der Waals surface area (Å²) in [6.45, 7) is 8.12. The first kappa shape index (κ1) is 12.7. The van der Waals surface area contributed by atoms with E-state index in [1.807, 2.05) is 23.4 Å². The summed E-state index contributed by atoms with van der Waals surface area (Å²) in [7, 11) is 0. The summed E-state index contributed by atoms with van der Waals surface area (Å²) in [6.07, 6.45) is 2.13. The number of H-pyrrole nitrogens is 1. The van der Waals surface area contributed by atoms with Crippen molar-refractivity contribution in [3.63, 3.8) is 0 Å². The molecule has 2 aromatic rings. The van der Waals surface area contributed by atoms with Crippen molar-refractivity contribution in [2.75, 3.05) is 6.26 Å². The van der Waals surface area contributed by atoms with E-state index in [0.29, 0.717) is 5.25 Å². The van der Waals surface area contributed by atoms with Crippen LogP contribution in [0.3, 0.4) is 0 Å². The van der Waals surface area contributed by atoms with Crippen molar-refractivity contribution in [2.45, 2.75) is 39.1 Å². The van der Waals surface area contributed by atoms with E-state index in [-0.39, 0.29) is 0 Å². The van der Waals surface area contributed by atoms with Gasteiger partial charge < -0.3 is 9.55 Å². The van der Waals surface area contributed by atoms with E-state index in [1.165, 1.54) is 0 Å². The number of rotatable bonds is 4. The van der Waals surface area contributed by atoms with Gasteiger partial charge in [0, 0.05) is 18.3 Å². The number of aromatic nitrogens is 4. The second-order valence-corrected chi connectivity index (χ2v) is 5.85. The number of imidazole rings is 1. The molecule has 0 spiro atoms. The Hall–Kier alpha value is -0.750. The number of fused-ring (bicyclic) bond motifs is 1. The van der Waals surface area contributed by atoms with Crippen molar-refractivity contribution in [1.82, 2.24) is 19.3 Å². The van der Waals surface area contributed by atoms with E-state index in [0.717, 1.165) is 34.7 Å². The van der Waals surface area contributed by atoms with Crippen molar-refractivity contribution in [3.05, 3.63) is 10.5 Å². The molecular weight excluding hydrogens is 252 g/mol. The summed E-state index contributed by atoms with van der Waals surface area (Å²) in [6, 6.07) is 0. The van der Waals surface area contributed by atoms with E-state index in [4.69, 9.17) is 12.2 Å². The Balaban J connectivity index is 2.60. The minimum atomic E-state index is 0.543. The summed E-state index contributed by atoms with van der Waals surface area (Å²) >= 11 is 7.25. The molecule has 94 valence electrons. The zero-order valence-corrected chi connectivity index (χ0v) is 12.3. The third kappa shape index (κ3) is 2.15. The average molecular weight is 270 g/mol. The molecule has 0 radical (unpaired) electrons. The number of nitrogens with one attached hydrogen (secondary N) is 1. The molecule has 0 aliphatic carbocycles. The molecule has 0 aromatic carbocycles. The van der Waals surface area contributed by atoms with Gasteiger partial charge in [0.1, 0.15) is 5.52 Å². The Morgan fingerprint density at radius 2 is 2.24 bits per heavy atom. The lowest BCUT2D eigenvalue weighted by Crippen LogP contribution is -2.12. The lowest BCUT2D eigenvalue weighted by molar-refractivity contribution is 0.622. The average Bonchev–Trinajstić information content (AvgIpc) is 2.78. The van der Waals surface area contributed by atoms with E-state index < -0.39 is 0 Å². The van der Waals surface area contributed by atoms with Gasteiger partial charge in [-0.1, -0.05) is 6.92 Å². The summed E-state index contributed by atoms with van der Waals surface area (Å²) in [5, 5.41) is 5.06. The number of aryl methyl sites for hydroxylation is 2. The van der Waals surface area contributed by atoms with Crippen molar-refractivity contribution in [3.8, 4) is 0 Å². The molecule has 1 unspecified atom stereocenters. The Labute approximate surface area is 110 Å². The highest BCUT2D eigenvalue weighted by Gasteiger charge is 2.15. The van der Waals surface area contributed by atoms with Gasteiger partial charge in [0.2, 0.25) is 0 Å². The molecule has 0 aliphatic heterocycles. The van der Waals surface area contributed by atoms with Crippen LogP contribution >= 0.6 is 24.0 Å². The van der Waals surface area contributed by atoms with Gasteiger partial charge in [-0.3, -0.25) is 0 Å². The van der Waals surface area contributed by atoms with Crippen LogP contribution in [-0.4, -0.2) is 30.8 Å². The fourth-order valence-electron chi connectivity index (χ4n) is 1.98. The molecule has 0 saturated heterocycles. The van der Waals surface area contributed by atoms with Crippen molar-refractivity contribution in [1.29, 1.82) is 0 Å².